The molecule has 0 aliphatic rings. The first-order chi connectivity index (χ1) is 8.13. The number of nitrogens with zero attached hydrogens (tertiary/aromatic N) is 1. The number of ether oxygens (including phenoxy) is 1. The van der Waals surface area contributed by atoms with Gasteiger partial charge in [-0.15, -0.1) is 0 Å². The Morgan fingerprint density at radius 2 is 2.06 bits per heavy atom. The molecule has 0 aliphatic heterocycles. The number of hydrogen-bond donors (Lipinski definition) is 1. The number of aromatic nitrogens is 1. The zero-order valence-corrected chi connectivity index (χ0v) is 9.34. The number of methoxy groups -OCH3 is 1. The lowest BCUT2D eigenvalue weighted by Crippen LogP contribution is -2.20. The molecule has 2 aromatic rings. The van der Waals surface area contributed by atoms with E-state index in [4.69, 9.17) is 5.73 Å². The van der Waals surface area contributed by atoms with Crippen molar-refractivity contribution in [1.82, 2.24) is 4.57 Å². The van der Waals surface area contributed by atoms with Gasteiger partial charge in [-0.2, -0.15) is 0 Å². The first-order valence-corrected chi connectivity index (χ1v) is 5.08. The molecule has 0 saturated carbocycles. The number of nitrogens with two attached hydrogens (primary N) is 1. The maximum Gasteiger partial charge on any atom is 0.325 e. The third-order valence-electron chi connectivity index (χ3n) is 2.58. The topological polar surface area (TPSA) is 74.3 Å². The first-order valence-electron chi connectivity index (χ1n) is 5.08. The van der Waals surface area contributed by atoms with Gasteiger partial charge in [-0.1, -0.05) is 18.2 Å². The lowest BCUT2D eigenvalue weighted by Gasteiger charge is -2.06. The van der Waals surface area contributed by atoms with Gasteiger partial charge in [0.25, 0.3) is 5.91 Å². The van der Waals surface area contributed by atoms with E-state index in [1.54, 1.807) is 10.6 Å². The predicted molar refractivity (Wildman–Crippen MR) is 62.5 cm³/mol. The van der Waals surface area contributed by atoms with E-state index in [9.17, 15) is 9.59 Å². The number of carbonyl (C=O) groups excluding carboxylic acids is 2. The number of fused-ring (bicyclic) bond motifs is 1. The second-order valence-corrected chi connectivity index (χ2v) is 3.61. The summed E-state index contributed by atoms with van der Waals surface area (Å²) in [6.07, 6.45) is 0. The van der Waals surface area contributed by atoms with E-state index in [1.165, 1.54) is 7.11 Å². The summed E-state index contributed by atoms with van der Waals surface area (Å²) >= 11 is 0. The molecule has 0 radical (unpaired) electrons. The lowest BCUT2D eigenvalue weighted by atomic mass is 10.2. The van der Waals surface area contributed by atoms with Crippen LogP contribution in [0.1, 0.15) is 10.5 Å². The molecule has 2 rings (SSSR count). The molecule has 0 bridgehead atoms. The fourth-order valence-corrected chi connectivity index (χ4v) is 1.78. The highest BCUT2D eigenvalue weighted by atomic mass is 16.5. The van der Waals surface area contributed by atoms with Crippen molar-refractivity contribution in [3.8, 4) is 0 Å². The van der Waals surface area contributed by atoms with Crippen LogP contribution in [-0.2, 0) is 16.1 Å². The molecule has 2 N–H and O–H groups in total. The van der Waals surface area contributed by atoms with Crippen LogP contribution in [-0.4, -0.2) is 23.6 Å². The number of hydrogen-bond acceptors (Lipinski definition) is 3. The Hall–Kier alpha value is -2.30. The largest absolute Gasteiger partial charge is 0.468 e. The summed E-state index contributed by atoms with van der Waals surface area (Å²) in [5.74, 6) is -0.987. The Labute approximate surface area is 97.8 Å². The summed E-state index contributed by atoms with van der Waals surface area (Å²) in [6.45, 7) is -0.0255. The highest BCUT2D eigenvalue weighted by Crippen LogP contribution is 2.19. The number of amides is 1. The number of esters is 1. The van der Waals surface area contributed by atoms with Crippen molar-refractivity contribution in [3.63, 3.8) is 0 Å². The van der Waals surface area contributed by atoms with Gasteiger partial charge < -0.3 is 15.0 Å². The van der Waals surface area contributed by atoms with Gasteiger partial charge in [0.15, 0.2) is 0 Å². The van der Waals surface area contributed by atoms with Gasteiger partial charge in [-0.25, -0.2) is 0 Å². The summed E-state index contributed by atoms with van der Waals surface area (Å²) in [5.41, 5.74) is 6.37. The van der Waals surface area contributed by atoms with Crippen molar-refractivity contribution < 1.29 is 14.3 Å². The fourth-order valence-electron chi connectivity index (χ4n) is 1.78. The summed E-state index contributed by atoms with van der Waals surface area (Å²) < 4.78 is 6.15. The molecule has 5 heteroatoms. The van der Waals surface area contributed by atoms with E-state index < -0.39 is 11.9 Å². The Morgan fingerprint density at radius 1 is 1.35 bits per heavy atom. The van der Waals surface area contributed by atoms with Crippen molar-refractivity contribution in [3.05, 3.63) is 36.0 Å². The molecule has 1 aromatic heterocycles. The summed E-state index contributed by atoms with van der Waals surface area (Å²) in [4.78, 5) is 22.6. The van der Waals surface area contributed by atoms with E-state index in [1.807, 2.05) is 24.3 Å². The van der Waals surface area contributed by atoms with Crippen LogP contribution in [0.3, 0.4) is 0 Å². The predicted octanol–water partition coefficient (Wildman–Crippen LogP) is 0.913. The number of benzene rings is 1. The zero-order chi connectivity index (χ0) is 12.4. The molecular formula is C12H12N2O3. The van der Waals surface area contributed by atoms with E-state index in [0.717, 1.165) is 10.9 Å². The second kappa shape index (κ2) is 4.29. The van der Waals surface area contributed by atoms with E-state index >= 15 is 0 Å². The molecule has 1 heterocycles. The van der Waals surface area contributed by atoms with E-state index in [-0.39, 0.29) is 6.54 Å². The van der Waals surface area contributed by atoms with Crippen LogP contribution in [0.5, 0.6) is 0 Å². The maximum absolute atomic E-state index is 11.3. The fraction of sp³-hybridized carbons (Fsp3) is 0.167. The highest BCUT2D eigenvalue weighted by molar-refractivity contribution is 5.98. The maximum atomic E-state index is 11.3. The highest BCUT2D eigenvalue weighted by Gasteiger charge is 2.15. The third kappa shape index (κ3) is 1.99. The third-order valence-corrected chi connectivity index (χ3v) is 2.58. The average molecular weight is 232 g/mol. The van der Waals surface area contributed by atoms with Crippen molar-refractivity contribution in [1.29, 1.82) is 0 Å². The molecule has 5 nitrogen and oxygen atoms in total. The molecule has 0 spiro atoms. The quantitative estimate of drug-likeness (QED) is 0.799. The molecule has 0 aliphatic carbocycles. The summed E-state index contributed by atoms with van der Waals surface area (Å²) in [6, 6.07) is 9.04. The van der Waals surface area contributed by atoms with E-state index in [2.05, 4.69) is 4.74 Å². The molecule has 0 atom stereocenters. The van der Waals surface area contributed by atoms with Gasteiger partial charge in [0.2, 0.25) is 0 Å². The minimum Gasteiger partial charge on any atom is -0.468 e. The molecule has 17 heavy (non-hydrogen) atoms. The van der Waals surface area contributed by atoms with Crippen LogP contribution in [0.15, 0.2) is 30.3 Å². The lowest BCUT2D eigenvalue weighted by molar-refractivity contribution is -0.141. The van der Waals surface area contributed by atoms with Crippen molar-refractivity contribution in [2.75, 3.05) is 7.11 Å². The normalized spacial score (nSPS) is 10.4. The first kappa shape index (κ1) is 11.2. The van der Waals surface area contributed by atoms with Gasteiger partial charge in [0.1, 0.15) is 12.2 Å². The van der Waals surface area contributed by atoms with Crippen molar-refractivity contribution in [2.24, 2.45) is 5.73 Å². The standard InChI is InChI=1S/C12H12N2O3/c1-17-11(15)7-14-9-5-3-2-4-8(9)6-10(14)12(13)16/h2-6H,7H2,1H3,(H2,13,16). The summed E-state index contributed by atoms with van der Waals surface area (Å²) in [5, 5.41) is 0.866. The van der Waals surface area contributed by atoms with Crippen molar-refractivity contribution in [2.45, 2.75) is 6.54 Å². The molecule has 0 saturated heterocycles. The smallest absolute Gasteiger partial charge is 0.325 e. The summed E-state index contributed by atoms with van der Waals surface area (Å²) in [7, 11) is 1.30. The minimum atomic E-state index is -0.565. The average Bonchev–Trinajstić information content (AvgIpc) is 2.68. The van der Waals surface area contributed by atoms with E-state index in [0.29, 0.717) is 5.69 Å². The molecule has 0 unspecified atom stereocenters. The van der Waals surface area contributed by atoms with Crippen LogP contribution < -0.4 is 5.73 Å². The van der Waals surface area contributed by atoms with Crippen LogP contribution in [0, 0.1) is 0 Å². The number of primary amides is 1. The van der Waals surface area contributed by atoms with Gasteiger partial charge in [-0.3, -0.25) is 9.59 Å². The number of carbonyl (C=O) groups is 2. The van der Waals surface area contributed by atoms with Gasteiger partial charge in [0.05, 0.1) is 7.11 Å². The minimum absolute atomic E-state index is 0.0255. The number of rotatable bonds is 3. The van der Waals surface area contributed by atoms with Crippen LogP contribution in [0.4, 0.5) is 0 Å². The monoisotopic (exact) mass is 232 g/mol. The molecule has 0 fully saturated rings. The Bertz CT molecular complexity index is 586. The molecular weight excluding hydrogens is 220 g/mol. The molecule has 1 aromatic carbocycles. The Kier molecular flexibility index (Phi) is 2.82. The van der Waals surface area contributed by atoms with Crippen LogP contribution in [0.2, 0.25) is 0 Å². The zero-order valence-electron chi connectivity index (χ0n) is 9.34. The Morgan fingerprint density at radius 3 is 2.71 bits per heavy atom. The van der Waals surface area contributed by atoms with Gasteiger partial charge in [0, 0.05) is 10.9 Å². The van der Waals surface area contributed by atoms with Gasteiger partial charge in [-0.05, 0) is 12.1 Å². The van der Waals surface area contributed by atoms with Crippen LogP contribution in [0.25, 0.3) is 10.9 Å². The second-order valence-electron chi connectivity index (χ2n) is 3.61. The Balaban J connectivity index is 2.59. The SMILES string of the molecule is COC(=O)Cn1c(C(N)=O)cc2ccccc21. The van der Waals surface area contributed by atoms with Crippen molar-refractivity contribution >= 4 is 22.8 Å². The van der Waals surface area contributed by atoms with Crippen LogP contribution >= 0.6 is 0 Å². The molecule has 1 amide bonds. The number of para-hydroxylation sites is 1. The molecule has 88 valence electrons. The van der Waals surface area contributed by atoms with Gasteiger partial charge >= 0.3 is 5.97 Å².